The Kier molecular flexibility index (Phi) is 5.01. The van der Waals surface area contributed by atoms with E-state index in [9.17, 15) is 19.2 Å². The average molecular weight is 357 g/mol. The fourth-order valence-electron chi connectivity index (χ4n) is 3.15. The van der Waals surface area contributed by atoms with Crippen LogP contribution in [0, 0.1) is 0 Å². The summed E-state index contributed by atoms with van der Waals surface area (Å²) in [4.78, 5) is 48.7. The Morgan fingerprint density at radius 2 is 1.85 bits per heavy atom. The van der Waals surface area contributed by atoms with E-state index in [0.29, 0.717) is 11.3 Å². The van der Waals surface area contributed by atoms with Gasteiger partial charge < -0.3 is 10.5 Å². The lowest BCUT2D eigenvalue weighted by Gasteiger charge is -2.31. The maximum atomic E-state index is 12.7. The lowest BCUT2D eigenvalue weighted by Crippen LogP contribution is -2.57. The van der Waals surface area contributed by atoms with E-state index in [4.69, 9.17) is 10.5 Å². The minimum absolute atomic E-state index is 0.0812. The van der Waals surface area contributed by atoms with E-state index in [2.05, 4.69) is 5.32 Å². The summed E-state index contributed by atoms with van der Waals surface area (Å²) in [5.74, 6) is -1.42. The highest BCUT2D eigenvalue weighted by atomic mass is 16.5. The summed E-state index contributed by atoms with van der Waals surface area (Å²) in [6.07, 6.45) is 4.87. The first-order valence-corrected chi connectivity index (χ1v) is 8.37. The van der Waals surface area contributed by atoms with E-state index in [-0.39, 0.29) is 18.2 Å². The zero-order valence-electron chi connectivity index (χ0n) is 14.1. The van der Waals surface area contributed by atoms with Gasteiger partial charge in [-0.3, -0.25) is 24.6 Å². The highest BCUT2D eigenvalue weighted by Crippen LogP contribution is 2.27. The van der Waals surface area contributed by atoms with Crippen molar-refractivity contribution in [2.24, 2.45) is 5.73 Å². The smallest absolute Gasteiger partial charge is 0.331 e. The van der Waals surface area contributed by atoms with Crippen molar-refractivity contribution in [3.05, 3.63) is 35.4 Å². The number of carbonyl (C=O) groups is 4. The molecule has 0 radical (unpaired) electrons. The average Bonchev–Trinajstić information content (AvgIpc) is 3.11. The van der Waals surface area contributed by atoms with Crippen molar-refractivity contribution in [2.75, 3.05) is 6.61 Å². The number of imide groups is 2. The van der Waals surface area contributed by atoms with Crippen LogP contribution in [0.1, 0.15) is 31.2 Å². The van der Waals surface area contributed by atoms with Crippen LogP contribution in [0.3, 0.4) is 0 Å². The van der Waals surface area contributed by atoms with Gasteiger partial charge in [-0.1, -0.05) is 25.0 Å². The number of hydrogen-bond acceptors (Lipinski definition) is 5. The van der Waals surface area contributed by atoms with Gasteiger partial charge in [-0.25, -0.2) is 4.79 Å². The molecule has 0 atom stereocenters. The van der Waals surface area contributed by atoms with Crippen molar-refractivity contribution in [3.63, 3.8) is 0 Å². The van der Waals surface area contributed by atoms with Crippen molar-refractivity contribution in [1.29, 1.82) is 0 Å². The molecule has 2 fully saturated rings. The third-order valence-electron chi connectivity index (χ3n) is 4.40. The lowest BCUT2D eigenvalue weighted by atomic mass is 10.1. The van der Waals surface area contributed by atoms with Gasteiger partial charge in [0.2, 0.25) is 0 Å². The molecule has 0 bridgehead atoms. The van der Waals surface area contributed by atoms with E-state index in [1.54, 1.807) is 24.3 Å². The molecule has 1 aliphatic carbocycles. The molecule has 3 N–H and O–H groups in total. The summed E-state index contributed by atoms with van der Waals surface area (Å²) in [7, 11) is 0. The van der Waals surface area contributed by atoms with Crippen molar-refractivity contribution in [2.45, 2.75) is 31.7 Å². The topological polar surface area (TPSA) is 119 Å². The standard InChI is InChI=1S/C18H19N3O5/c19-15(22)10-26-13-7-5-11(6-8-13)9-14-16(23)20-18(25)21(17(14)24)12-3-1-2-4-12/h5-9,12H,1-4,10H2,(H2,19,22)(H,20,23,25)/b14-9+. The second-order valence-electron chi connectivity index (χ2n) is 6.25. The van der Waals surface area contributed by atoms with Gasteiger partial charge in [0.1, 0.15) is 11.3 Å². The van der Waals surface area contributed by atoms with E-state index in [1.165, 1.54) is 6.08 Å². The minimum Gasteiger partial charge on any atom is -0.484 e. The number of ether oxygens (including phenoxy) is 1. The number of barbiturate groups is 1. The Labute approximate surface area is 150 Å². The molecule has 0 aromatic heterocycles. The van der Waals surface area contributed by atoms with Crippen LogP contribution in [0.25, 0.3) is 6.08 Å². The molecule has 1 saturated carbocycles. The summed E-state index contributed by atoms with van der Waals surface area (Å²) in [5, 5.41) is 2.23. The second kappa shape index (κ2) is 7.38. The minimum atomic E-state index is -0.705. The highest BCUT2D eigenvalue weighted by Gasteiger charge is 2.40. The van der Waals surface area contributed by atoms with Crippen molar-refractivity contribution in [3.8, 4) is 5.75 Å². The fourth-order valence-corrected chi connectivity index (χ4v) is 3.15. The Morgan fingerprint density at radius 3 is 2.46 bits per heavy atom. The van der Waals surface area contributed by atoms with Gasteiger partial charge in [0.25, 0.3) is 17.7 Å². The molecule has 136 valence electrons. The molecule has 8 heteroatoms. The van der Waals surface area contributed by atoms with E-state index in [1.807, 2.05) is 0 Å². The molecule has 3 rings (SSSR count). The number of amides is 5. The predicted molar refractivity (Wildman–Crippen MR) is 91.7 cm³/mol. The zero-order valence-corrected chi connectivity index (χ0v) is 14.1. The molecule has 1 aromatic carbocycles. The first-order valence-electron chi connectivity index (χ1n) is 8.37. The highest BCUT2D eigenvalue weighted by molar-refractivity contribution is 6.31. The van der Waals surface area contributed by atoms with Gasteiger partial charge in [-0.05, 0) is 36.6 Å². The quantitative estimate of drug-likeness (QED) is 0.601. The molecule has 8 nitrogen and oxygen atoms in total. The first kappa shape index (κ1) is 17.7. The number of nitrogens with zero attached hydrogens (tertiary/aromatic N) is 1. The molecular weight excluding hydrogens is 338 g/mol. The van der Waals surface area contributed by atoms with Crippen LogP contribution in [-0.4, -0.2) is 41.3 Å². The summed E-state index contributed by atoms with van der Waals surface area (Å²) < 4.78 is 5.16. The molecule has 1 aromatic rings. The van der Waals surface area contributed by atoms with Crippen molar-refractivity contribution in [1.82, 2.24) is 10.2 Å². The fraction of sp³-hybridized carbons (Fsp3) is 0.333. The zero-order chi connectivity index (χ0) is 18.7. The number of nitrogens with one attached hydrogen (secondary N) is 1. The van der Waals surface area contributed by atoms with Gasteiger partial charge >= 0.3 is 6.03 Å². The van der Waals surface area contributed by atoms with Gasteiger partial charge in [0.15, 0.2) is 6.61 Å². The number of nitrogens with two attached hydrogens (primary N) is 1. The van der Waals surface area contributed by atoms with E-state index in [0.717, 1.165) is 30.6 Å². The molecule has 2 aliphatic rings. The Morgan fingerprint density at radius 1 is 1.19 bits per heavy atom. The van der Waals surface area contributed by atoms with Crippen LogP contribution in [0.4, 0.5) is 4.79 Å². The number of hydrogen-bond donors (Lipinski definition) is 2. The summed E-state index contributed by atoms with van der Waals surface area (Å²) in [6.45, 7) is -0.236. The molecule has 26 heavy (non-hydrogen) atoms. The monoisotopic (exact) mass is 357 g/mol. The Balaban J connectivity index is 1.79. The maximum absolute atomic E-state index is 12.7. The number of urea groups is 1. The SMILES string of the molecule is NC(=O)COc1ccc(/C=C2\C(=O)NC(=O)N(C3CCCC3)C2=O)cc1. The normalized spacial score (nSPS) is 19.8. The number of benzene rings is 1. The van der Waals surface area contributed by atoms with E-state index < -0.39 is 23.8 Å². The Hall–Kier alpha value is -3.16. The number of primary amides is 1. The van der Waals surface area contributed by atoms with Gasteiger partial charge in [0, 0.05) is 6.04 Å². The molecular formula is C18H19N3O5. The van der Waals surface area contributed by atoms with Gasteiger partial charge in [-0.2, -0.15) is 0 Å². The second-order valence-corrected chi connectivity index (χ2v) is 6.25. The summed E-state index contributed by atoms with van der Waals surface area (Å²) in [6, 6.07) is 5.66. The molecule has 5 amide bonds. The van der Waals surface area contributed by atoms with Gasteiger partial charge in [0.05, 0.1) is 0 Å². The van der Waals surface area contributed by atoms with Crippen LogP contribution in [-0.2, 0) is 14.4 Å². The first-order chi connectivity index (χ1) is 12.5. The molecule has 1 aliphatic heterocycles. The third-order valence-corrected chi connectivity index (χ3v) is 4.40. The van der Waals surface area contributed by atoms with Crippen LogP contribution in [0.2, 0.25) is 0 Å². The van der Waals surface area contributed by atoms with Crippen molar-refractivity contribution < 1.29 is 23.9 Å². The largest absolute Gasteiger partial charge is 0.484 e. The summed E-state index contributed by atoms with van der Waals surface area (Å²) in [5.41, 5.74) is 5.52. The molecule has 0 spiro atoms. The van der Waals surface area contributed by atoms with Crippen molar-refractivity contribution >= 4 is 29.8 Å². The molecule has 0 unspecified atom stereocenters. The number of rotatable bonds is 5. The molecule has 1 heterocycles. The van der Waals surface area contributed by atoms with Crippen LogP contribution in [0.15, 0.2) is 29.8 Å². The maximum Gasteiger partial charge on any atom is 0.331 e. The number of carbonyl (C=O) groups excluding carboxylic acids is 4. The predicted octanol–water partition coefficient (Wildman–Crippen LogP) is 0.955. The third kappa shape index (κ3) is 3.74. The van der Waals surface area contributed by atoms with Crippen LogP contribution in [0.5, 0.6) is 5.75 Å². The molecule has 1 saturated heterocycles. The lowest BCUT2D eigenvalue weighted by molar-refractivity contribution is -0.131. The summed E-state index contributed by atoms with van der Waals surface area (Å²) >= 11 is 0. The van der Waals surface area contributed by atoms with Crippen LogP contribution >= 0.6 is 0 Å². The Bertz CT molecular complexity index is 779. The van der Waals surface area contributed by atoms with Crippen LogP contribution < -0.4 is 15.8 Å². The van der Waals surface area contributed by atoms with Gasteiger partial charge in [-0.15, -0.1) is 0 Å². The van der Waals surface area contributed by atoms with E-state index >= 15 is 0 Å².